The van der Waals surface area contributed by atoms with Crippen LogP contribution in [-0.4, -0.2) is 53.6 Å². The smallest absolute Gasteiger partial charge is 0.317 e. The van der Waals surface area contributed by atoms with Crippen LogP contribution in [0.15, 0.2) is 24.3 Å². The highest BCUT2D eigenvalue weighted by Crippen LogP contribution is 2.33. The number of aliphatic carboxylic acids is 1. The third-order valence-electron chi connectivity index (χ3n) is 4.79. The van der Waals surface area contributed by atoms with Gasteiger partial charge in [-0.15, -0.1) is 0 Å². The molecular formula is C17H24N2O2. The van der Waals surface area contributed by atoms with Crippen molar-refractivity contribution in [2.75, 3.05) is 32.7 Å². The Labute approximate surface area is 126 Å². The molecule has 114 valence electrons. The Kier molecular flexibility index (Phi) is 4.56. The summed E-state index contributed by atoms with van der Waals surface area (Å²) in [5.74, 6) is -0.719. The van der Waals surface area contributed by atoms with Gasteiger partial charge in [-0.3, -0.25) is 14.6 Å². The summed E-state index contributed by atoms with van der Waals surface area (Å²) in [7, 11) is 0. The van der Waals surface area contributed by atoms with Crippen molar-refractivity contribution < 1.29 is 9.90 Å². The molecule has 1 unspecified atom stereocenters. The van der Waals surface area contributed by atoms with Crippen molar-refractivity contribution in [2.24, 2.45) is 0 Å². The van der Waals surface area contributed by atoms with Gasteiger partial charge in [0.25, 0.3) is 0 Å². The third kappa shape index (κ3) is 3.44. The number of nitrogens with zero attached hydrogens (tertiary/aromatic N) is 2. The van der Waals surface area contributed by atoms with Crippen LogP contribution in [0.3, 0.4) is 0 Å². The predicted octanol–water partition coefficient (Wildman–Crippen LogP) is 2.16. The number of fused-ring (bicyclic) bond motifs is 1. The Morgan fingerprint density at radius 1 is 1.14 bits per heavy atom. The van der Waals surface area contributed by atoms with E-state index in [0.29, 0.717) is 6.04 Å². The standard InChI is InChI=1S/C17H24N2O2/c20-17(21)13-18-9-11-19(12-10-18)16-8-4-2-6-14-5-1-3-7-15(14)16/h1,3,5,7,16H,2,4,6,8-13H2,(H,20,21). The van der Waals surface area contributed by atoms with E-state index in [2.05, 4.69) is 29.2 Å². The first kappa shape index (κ1) is 14.5. The van der Waals surface area contributed by atoms with Crippen molar-refractivity contribution >= 4 is 5.97 Å². The normalized spacial score (nSPS) is 24.3. The molecule has 1 fully saturated rings. The zero-order chi connectivity index (χ0) is 14.7. The highest BCUT2D eigenvalue weighted by molar-refractivity contribution is 5.69. The molecule has 1 N–H and O–H groups in total. The summed E-state index contributed by atoms with van der Waals surface area (Å²) in [5, 5.41) is 8.89. The van der Waals surface area contributed by atoms with Crippen molar-refractivity contribution in [3.05, 3.63) is 35.4 Å². The molecule has 1 heterocycles. The van der Waals surface area contributed by atoms with Gasteiger partial charge in [0.1, 0.15) is 0 Å². The van der Waals surface area contributed by atoms with Crippen molar-refractivity contribution in [1.82, 2.24) is 9.80 Å². The van der Waals surface area contributed by atoms with Crippen LogP contribution >= 0.6 is 0 Å². The SMILES string of the molecule is O=C(O)CN1CCN(C2CCCCc3ccccc32)CC1. The Morgan fingerprint density at radius 3 is 2.67 bits per heavy atom. The summed E-state index contributed by atoms with van der Waals surface area (Å²) in [6.07, 6.45) is 5.00. The van der Waals surface area contributed by atoms with E-state index in [-0.39, 0.29) is 6.54 Å². The van der Waals surface area contributed by atoms with Gasteiger partial charge in [0.2, 0.25) is 0 Å². The van der Waals surface area contributed by atoms with E-state index in [4.69, 9.17) is 5.11 Å². The van der Waals surface area contributed by atoms with E-state index in [0.717, 1.165) is 26.2 Å². The Balaban J connectivity index is 1.69. The third-order valence-corrected chi connectivity index (χ3v) is 4.79. The number of piperazine rings is 1. The molecule has 1 aliphatic carbocycles. The topological polar surface area (TPSA) is 43.8 Å². The van der Waals surface area contributed by atoms with E-state index in [1.807, 2.05) is 4.90 Å². The highest BCUT2D eigenvalue weighted by Gasteiger charge is 2.27. The first-order valence-electron chi connectivity index (χ1n) is 8.00. The van der Waals surface area contributed by atoms with E-state index < -0.39 is 5.97 Å². The number of rotatable bonds is 3. The molecule has 1 aromatic carbocycles. The van der Waals surface area contributed by atoms with Crippen LogP contribution in [0.1, 0.15) is 36.4 Å². The minimum Gasteiger partial charge on any atom is -0.480 e. The van der Waals surface area contributed by atoms with Gasteiger partial charge in [0, 0.05) is 32.2 Å². The predicted molar refractivity (Wildman–Crippen MR) is 82.4 cm³/mol. The molecule has 3 rings (SSSR count). The van der Waals surface area contributed by atoms with E-state index >= 15 is 0 Å². The van der Waals surface area contributed by atoms with Crippen molar-refractivity contribution in [2.45, 2.75) is 31.7 Å². The van der Waals surface area contributed by atoms with E-state index in [1.165, 1.54) is 36.8 Å². The van der Waals surface area contributed by atoms with Crippen molar-refractivity contribution in [3.8, 4) is 0 Å². The summed E-state index contributed by atoms with van der Waals surface area (Å²) in [6, 6.07) is 9.38. The molecule has 0 aromatic heterocycles. The number of hydrogen-bond donors (Lipinski definition) is 1. The summed E-state index contributed by atoms with van der Waals surface area (Å²) in [6.45, 7) is 3.86. The molecule has 4 heteroatoms. The number of carboxylic acids is 1. The number of benzene rings is 1. The van der Waals surface area contributed by atoms with Crippen LogP contribution in [0.4, 0.5) is 0 Å². The fourth-order valence-corrected chi connectivity index (χ4v) is 3.70. The Hall–Kier alpha value is -1.39. The summed E-state index contributed by atoms with van der Waals surface area (Å²) < 4.78 is 0. The summed E-state index contributed by atoms with van der Waals surface area (Å²) in [5.41, 5.74) is 3.01. The summed E-state index contributed by atoms with van der Waals surface area (Å²) >= 11 is 0. The van der Waals surface area contributed by atoms with Crippen molar-refractivity contribution in [1.29, 1.82) is 0 Å². The lowest BCUT2D eigenvalue weighted by Gasteiger charge is -2.39. The molecule has 0 spiro atoms. The molecule has 0 saturated carbocycles. The molecule has 1 saturated heterocycles. The maximum absolute atomic E-state index is 10.8. The minimum absolute atomic E-state index is 0.176. The van der Waals surface area contributed by atoms with E-state index in [9.17, 15) is 4.79 Å². The Morgan fingerprint density at radius 2 is 1.90 bits per heavy atom. The van der Waals surface area contributed by atoms with Gasteiger partial charge in [0.15, 0.2) is 0 Å². The van der Waals surface area contributed by atoms with Crippen LogP contribution in [0.25, 0.3) is 0 Å². The van der Waals surface area contributed by atoms with Crippen LogP contribution in [0.5, 0.6) is 0 Å². The Bertz CT molecular complexity index is 495. The van der Waals surface area contributed by atoms with Crippen LogP contribution in [0, 0.1) is 0 Å². The second-order valence-corrected chi connectivity index (χ2v) is 6.17. The molecule has 1 aliphatic heterocycles. The minimum atomic E-state index is -0.719. The number of carbonyl (C=O) groups is 1. The molecule has 21 heavy (non-hydrogen) atoms. The fraction of sp³-hybridized carbons (Fsp3) is 0.588. The quantitative estimate of drug-likeness (QED) is 0.866. The van der Waals surface area contributed by atoms with Crippen LogP contribution in [-0.2, 0) is 11.2 Å². The van der Waals surface area contributed by atoms with Gasteiger partial charge in [-0.25, -0.2) is 0 Å². The lowest BCUT2D eigenvalue weighted by atomic mass is 9.97. The zero-order valence-electron chi connectivity index (χ0n) is 12.5. The first-order valence-corrected chi connectivity index (χ1v) is 8.00. The van der Waals surface area contributed by atoms with Crippen molar-refractivity contribution in [3.63, 3.8) is 0 Å². The molecule has 0 bridgehead atoms. The summed E-state index contributed by atoms with van der Waals surface area (Å²) in [4.78, 5) is 15.4. The molecule has 0 radical (unpaired) electrons. The lowest BCUT2D eigenvalue weighted by Crippen LogP contribution is -2.49. The molecule has 1 aromatic rings. The van der Waals surface area contributed by atoms with Gasteiger partial charge in [-0.05, 0) is 30.4 Å². The average Bonchev–Trinajstić information content (AvgIpc) is 2.70. The van der Waals surface area contributed by atoms with Gasteiger partial charge in [-0.1, -0.05) is 30.7 Å². The van der Waals surface area contributed by atoms with Gasteiger partial charge in [-0.2, -0.15) is 0 Å². The number of hydrogen-bond acceptors (Lipinski definition) is 3. The van der Waals surface area contributed by atoms with Crippen LogP contribution in [0.2, 0.25) is 0 Å². The van der Waals surface area contributed by atoms with Gasteiger partial charge < -0.3 is 5.11 Å². The van der Waals surface area contributed by atoms with Gasteiger partial charge >= 0.3 is 5.97 Å². The maximum atomic E-state index is 10.8. The lowest BCUT2D eigenvalue weighted by molar-refractivity contribution is -0.138. The van der Waals surface area contributed by atoms with Gasteiger partial charge in [0.05, 0.1) is 6.54 Å². The second kappa shape index (κ2) is 6.58. The molecule has 1 atom stereocenters. The molecular weight excluding hydrogens is 264 g/mol. The second-order valence-electron chi connectivity index (χ2n) is 6.17. The monoisotopic (exact) mass is 288 g/mol. The molecule has 0 amide bonds. The maximum Gasteiger partial charge on any atom is 0.317 e. The largest absolute Gasteiger partial charge is 0.480 e. The van der Waals surface area contributed by atoms with Crippen LogP contribution < -0.4 is 0 Å². The number of aryl methyl sites for hydroxylation is 1. The highest BCUT2D eigenvalue weighted by atomic mass is 16.4. The first-order chi connectivity index (χ1) is 10.2. The fourth-order valence-electron chi connectivity index (χ4n) is 3.70. The zero-order valence-corrected chi connectivity index (χ0v) is 12.5. The number of carboxylic acid groups (broad SMARTS) is 1. The molecule has 2 aliphatic rings. The molecule has 4 nitrogen and oxygen atoms in total. The van der Waals surface area contributed by atoms with E-state index in [1.54, 1.807) is 0 Å². The average molecular weight is 288 g/mol.